The summed E-state index contributed by atoms with van der Waals surface area (Å²) in [6, 6.07) is 8.63. The van der Waals surface area contributed by atoms with E-state index >= 15 is 0 Å². The molecule has 2 amide bonds. The van der Waals surface area contributed by atoms with Crippen molar-refractivity contribution in [3.8, 4) is 0 Å². The molecule has 3 aliphatic carbocycles. The predicted octanol–water partition coefficient (Wildman–Crippen LogP) is 4.55. The molecular formula is C35H53BN2O7. The number of nitrogens with one attached hydrogen (secondary N) is 2. The van der Waals surface area contributed by atoms with Crippen LogP contribution in [0.4, 0.5) is 0 Å². The first kappa shape index (κ1) is 35.1. The van der Waals surface area contributed by atoms with E-state index in [2.05, 4.69) is 31.4 Å². The summed E-state index contributed by atoms with van der Waals surface area (Å²) in [5, 5.41) is 5.95. The summed E-state index contributed by atoms with van der Waals surface area (Å²) in [5.74, 6) is -1.41. The minimum absolute atomic E-state index is 0.0181. The summed E-state index contributed by atoms with van der Waals surface area (Å²) in [5.41, 5.74) is 0.767. The molecule has 0 spiro atoms. The highest BCUT2D eigenvalue weighted by Gasteiger charge is 2.67. The molecule has 0 radical (unpaired) electrons. The maximum atomic E-state index is 13.9. The van der Waals surface area contributed by atoms with Crippen molar-refractivity contribution in [1.29, 1.82) is 0 Å². The SMILES string of the molecule is COC(=O)C[C@H](C(=O)N[C@@H](Cc1ccccc1)C(=O)C[C@@H](CC(C)C)C(=O)NCB1O[C@@H]2CC3C[C@@H](C3(C)C)[C@]2(C)O1)C(C)C. The van der Waals surface area contributed by atoms with E-state index in [1.807, 2.05) is 58.0 Å². The Morgan fingerprint density at radius 3 is 2.29 bits per heavy atom. The Kier molecular flexibility index (Phi) is 11.2. The number of hydrogen-bond donors (Lipinski definition) is 2. The molecule has 5 rings (SSSR count). The van der Waals surface area contributed by atoms with Gasteiger partial charge >= 0.3 is 13.1 Å². The summed E-state index contributed by atoms with van der Waals surface area (Å²) in [4.78, 5) is 52.9. The Morgan fingerprint density at radius 1 is 1.00 bits per heavy atom. The summed E-state index contributed by atoms with van der Waals surface area (Å²) in [6.45, 7) is 14.6. The van der Waals surface area contributed by atoms with E-state index in [4.69, 9.17) is 14.0 Å². The molecule has 3 saturated carbocycles. The molecule has 1 aromatic carbocycles. The van der Waals surface area contributed by atoms with Gasteiger partial charge < -0.3 is 24.7 Å². The third-order valence-electron chi connectivity index (χ3n) is 10.8. The van der Waals surface area contributed by atoms with Crippen LogP contribution in [-0.2, 0) is 39.6 Å². The standard InChI is InChI=1S/C35H53BN2O7/c1-21(2)14-24(32(41)37-20-36-44-30-18-25-17-29(34(25,5)6)35(30,7)45-36)16-28(39)27(15-23-12-10-9-11-13-23)38-33(42)26(22(3)4)19-31(40)43-8/h9-13,21-22,24-27,29-30H,14-20H2,1-8H3,(H,37,41)(H,38,42)/t24-,25?,26+,27+,29+,30-,35+/m1/s1. The molecule has 1 saturated heterocycles. The fourth-order valence-electron chi connectivity index (χ4n) is 7.87. The summed E-state index contributed by atoms with van der Waals surface area (Å²) in [6.07, 6.45) is 3.09. The molecule has 2 N–H and O–H groups in total. The van der Waals surface area contributed by atoms with E-state index in [0.717, 1.165) is 18.4 Å². The average molecular weight is 625 g/mol. The number of ketones is 1. The molecule has 248 valence electrons. The highest BCUT2D eigenvalue weighted by molar-refractivity contribution is 6.46. The number of carbonyl (C=O) groups excluding carboxylic acids is 4. The maximum absolute atomic E-state index is 13.9. The highest BCUT2D eigenvalue weighted by atomic mass is 16.7. The smallest absolute Gasteiger partial charge is 0.469 e. The molecule has 9 nitrogen and oxygen atoms in total. The Bertz CT molecular complexity index is 1220. The minimum atomic E-state index is -0.847. The number of benzene rings is 1. The van der Waals surface area contributed by atoms with Gasteiger partial charge in [-0.3, -0.25) is 19.2 Å². The summed E-state index contributed by atoms with van der Waals surface area (Å²) in [7, 11) is 0.767. The lowest BCUT2D eigenvalue weighted by molar-refractivity contribution is -0.199. The number of Topliss-reactive ketones (excluding diaryl/α,β-unsaturated/α-hetero) is 1. The molecule has 4 aliphatic rings. The summed E-state index contributed by atoms with van der Waals surface area (Å²) >= 11 is 0. The van der Waals surface area contributed by atoms with Gasteiger partial charge in [-0.05, 0) is 67.3 Å². The van der Waals surface area contributed by atoms with Gasteiger partial charge in [0.05, 0.1) is 43.6 Å². The van der Waals surface area contributed by atoms with Gasteiger partial charge in [0.25, 0.3) is 0 Å². The third kappa shape index (κ3) is 7.99. The quantitative estimate of drug-likeness (QED) is 0.217. The lowest BCUT2D eigenvalue weighted by atomic mass is 9.43. The largest absolute Gasteiger partial charge is 0.478 e. The third-order valence-corrected chi connectivity index (χ3v) is 10.8. The highest BCUT2D eigenvalue weighted by Crippen LogP contribution is 2.65. The second kappa shape index (κ2) is 14.4. The van der Waals surface area contributed by atoms with Gasteiger partial charge in [-0.15, -0.1) is 0 Å². The van der Waals surface area contributed by atoms with Gasteiger partial charge in [-0.1, -0.05) is 71.9 Å². The fourth-order valence-corrected chi connectivity index (χ4v) is 7.87. The van der Waals surface area contributed by atoms with Crippen molar-refractivity contribution in [3.63, 3.8) is 0 Å². The number of carbonyl (C=O) groups is 4. The monoisotopic (exact) mass is 624 g/mol. The van der Waals surface area contributed by atoms with E-state index in [1.165, 1.54) is 7.11 Å². The Hall–Kier alpha value is -2.72. The van der Waals surface area contributed by atoms with Crippen LogP contribution in [0.2, 0.25) is 0 Å². The van der Waals surface area contributed by atoms with Crippen LogP contribution in [0.15, 0.2) is 30.3 Å². The molecule has 1 aromatic rings. The van der Waals surface area contributed by atoms with Crippen LogP contribution in [0, 0.1) is 40.9 Å². The first-order chi connectivity index (χ1) is 21.1. The van der Waals surface area contributed by atoms with Gasteiger partial charge in [0.1, 0.15) is 0 Å². The second-order valence-electron chi connectivity index (χ2n) is 15.0. The van der Waals surface area contributed by atoms with Gasteiger partial charge in [0.15, 0.2) is 5.78 Å². The molecule has 7 atom stereocenters. The summed E-state index contributed by atoms with van der Waals surface area (Å²) < 4.78 is 17.6. The van der Waals surface area contributed by atoms with E-state index in [0.29, 0.717) is 18.3 Å². The molecule has 0 aromatic heterocycles. The van der Waals surface area contributed by atoms with Crippen molar-refractivity contribution in [2.45, 2.75) is 105 Å². The molecule has 1 heterocycles. The van der Waals surface area contributed by atoms with Crippen LogP contribution < -0.4 is 10.6 Å². The topological polar surface area (TPSA) is 120 Å². The van der Waals surface area contributed by atoms with E-state index < -0.39 is 31.0 Å². The van der Waals surface area contributed by atoms with E-state index in [-0.39, 0.29) is 72.3 Å². The predicted molar refractivity (Wildman–Crippen MR) is 173 cm³/mol. The molecule has 4 fully saturated rings. The van der Waals surface area contributed by atoms with Gasteiger partial charge in [0, 0.05) is 12.3 Å². The fraction of sp³-hybridized carbons (Fsp3) is 0.714. The number of rotatable bonds is 15. The number of hydrogen-bond acceptors (Lipinski definition) is 7. The van der Waals surface area contributed by atoms with Crippen molar-refractivity contribution in [3.05, 3.63) is 35.9 Å². The molecule has 45 heavy (non-hydrogen) atoms. The molecular weight excluding hydrogens is 571 g/mol. The van der Waals surface area contributed by atoms with Crippen molar-refractivity contribution in [1.82, 2.24) is 10.6 Å². The van der Waals surface area contributed by atoms with Crippen LogP contribution in [0.25, 0.3) is 0 Å². The van der Waals surface area contributed by atoms with Gasteiger partial charge in [0.2, 0.25) is 11.8 Å². The molecule has 1 aliphatic heterocycles. The average Bonchev–Trinajstić information content (AvgIpc) is 3.33. The van der Waals surface area contributed by atoms with Crippen LogP contribution >= 0.6 is 0 Å². The molecule has 2 bridgehead atoms. The van der Waals surface area contributed by atoms with Gasteiger partial charge in [-0.25, -0.2) is 0 Å². The second-order valence-corrected chi connectivity index (χ2v) is 15.0. The first-order valence-corrected chi connectivity index (χ1v) is 16.7. The van der Waals surface area contributed by atoms with Crippen LogP contribution in [0.1, 0.15) is 86.1 Å². The van der Waals surface area contributed by atoms with Crippen molar-refractivity contribution >= 4 is 30.7 Å². The Labute approximate surface area is 269 Å². The van der Waals surface area contributed by atoms with Crippen molar-refractivity contribution in [2.24, 2.45) is 40.9 Å². The molecule has 1 unspecified atom stereocenters. The zero-order valence-electron chi connectivity index (χ0n) is 28.4. The zero-order valence-corrected chi connectivity index (χ0v) is 28.4. The maximum Gasteiger partial charge on any atom is 0.478 e. The molecule has 10 heteroatoms. The van der Waals surface area contributed by atoms with Crippen LogP contribution in [0.3, 0.4) is 0 Å². The number of amides is 2. The van der Waals surface area contributed by atoms with Crippen molar-refractivity contribution < 1.29 is 33.2 Å². The first-order valence-electron chi connectivity index (χ1n) is 16.7. The number of ether oxygens (including phenoxy) is 1. The van der Waals surface area contributed by atoms with E-state index in [9.17, 15) is 19.2 Å². The number of esters is 1. The Balaban J connectivity index is 1.42. The minimum Gasteiger partial charge on any atom is -0.469 e. The van der Waals surface area contributed by atoms with E-state index in [1.54, 1.807) is 0 Å². The van der Waals surface area contributed by atoms with Crippen LogP contribution in [0.5, 0.6) is 0 Å². The van der Waals surface area contributed by atoms with Gasteiger partial charge in [-0.2, -0.15) is 0 Å². The van der Waals surface area contributed by atoms with Crippen molar-refractivity contribution in [2.75, 3.05) is 13.6 Å². The lowest BCUT2D eigenvalue weighted by Crippen LogP contribution is -2.65. The van der Waals surface area contributed by atoms with Crippen LogP contribution in [-0.4, -0.2) is 62.0 Å². The zero-order chi connectivity index (χ0) is 33.1. The lowest BCUT2D eigenvalue weighted by Gasteiger charge is -2.64. The Morgan fingerprint density at radius 2 is 1.69 bits per heavy atom. The normalized spacial score (nSPS) is 26.8. The number of methoxy groups -OCH3 is 1.